The van der Waals surface area contributed by atoms with E-state index in [0.29, 0.717) is 11.5 Å². The van der Waals surface area contributed by atoms with Gasteiger partial charge in [0.05, 0.1) is 11.1 Å². The van der Waals surface area contributed by atoms with Crippen molar-refractivity contribution in [2.45, 2.75) is 6.92 Å². The molecule has 0 amide bonds. The van der Waals surface area contributed by atoms with Crippen molar-refractivity contribution in [3.63, 3.8) is 0 Å². The zero-order valence-electron chi connectivity index (χ0n) is 6.57. The number of rotatable bonds is 0. The molecule has 0 aliphatic heterocycles. The van der Waals surface area contributed by atoms with Crippen LogP contribution in [0, 0.1) is 6.92 Å². The van der Waals surface area contributed by atoms with E-state index in [1.165, 1.54) is 0 Å². The van der Waals surface area contributed by atoms with Crippen LogP contribution in [0.4, 0.5) is 5.82 Å². The lowest BCUT2D eigenvalue weighted by molar-refractivity contribution is 0.184. The summed E-state index contributed by atoms with van der Waals surface area (Å²) in [5.41, 5.74) is 6.12. The second-order valence-corrected chi connectivity index (χ2v) is 2.32. The fourth-order valence-corrected chi connectivity index (χ4v) is 0.862. The lowest BCUT2D eigenvalue weighted by Gasteiger charge is -2.04. The van der Waals surface area contributed by atoms with Crippen LogP contribution in [-0.4, -0.2) is 17.0 Å². The molecule has 0 saturated carbocycles. The fourth-order valence-electron chi connectivity index (χ4n) is 0.862. The molecule has 3 N–H and O–H groups in total. The fraction of sp³-hybridized carbons (Fsp3) is 0.286. The molecule has 0 aromatic carbocycles. The molecule has 0 unspecified atom stereocenters. The lowest BCUT2D eigenvalue weighted by atomic mass is 10.3. The van der Waals surface area contributed by atoms with Gasteiger partial charge in [-0.3, -0.25) is 4.99 Å². The van der Waals surface area contributed by atoms with Gasteiger partial charge in [-0.05, 0) is 13.0 Å². The second-order valence-electron chi connectivity index (χ2n) is 2.32. The molecule has 4 nitrogen and oxygen atoms in total. The van der Waals surface area contributed by atoms with Gasteiger partial charge in [-0.15, -0.1) is 0 Å². The minimum absolute atomic E-state index is 0.297. The van der Waals surface area contributed by atoms with Gasteiger partial charge in [-0.25, -0.2) is 0 Å². The Morgan fingerprint density at radius 3 is 2.64 bits per heavy atom. The highest BCUT2D eigenvalue weighted by Crippen LogP contribution is 1.98. The van der Waals surface area contributed by atoms with Crippen molar-refractivity contribution in [3.05, 3.63) is 23.2 Å². The van der Waals surface area contributed by atoms with E-state index in [1.54, 1.807) is 26.1 Å². The van der Waals surface area contributed by atoms with E-state index < -0.39 is 0 Å². The van der Waals surface area contributed by atoms with Gasteiger partial charge in [0.2, 0.25) is 0 Å². The van der Waals surface area contributed by atoms with Crippen molar-refractivity contribution in [1.82, 2.24) is 4.73 Å². The van der Waals surface area contributed by atoms with E-state index in [4.69, 9.17) is 5.73 Å². The summed E-state index contributed by atoms with van der Waals surface area (Å²) in [5.74, 6) is 0.297. The standard InChI is InChI=1S/C7H11N3O/c1-5-3-6(9-2)4-7(8)10(5)11/h3-4,11H,8H2,1-2H3. The number of anilines is 1. The number of aromatic nitrogens is 1. The molecule has 0 radical (unpaired) electrons. The van der Waals surface area contributed by atoms with Crippen LogP contribution in [0.15, 0.2) is 17.1 Å². The van der Waals surface area contributed by atoms with Crippen molar-refractivity contribution in [2.24, 2.45) is 4.99 Å². The number of nitrogens with zero attached hydrogens (tertiary/aromatic N) is 2. The Hall–Kier alpha value is -1.45. The Morgan fingerprint density at radius 1 is 1.55 bits per heavy atom. The zero-order chi connectivity index (χ0) is 8.43. The Labute approximate surface area is 64.6 Å². The first-order valence-electron chi connectivity index (χ1n) is 3.26. The third-order valence-electron chi connectivity index (χ3n) is 1.49. The quantitative estimate of drug-likeness (QED) is 0.521. The number of hydrogen-bond donors (Lipinski definition) is 2. The van der Waals surface area contributed by atoms with E-state index in [0.717, 1.165) is 10.1 Å². The zero-order valence-corrected chi connectivity index (χ0v) is 6.57. The summed E-state index contributed by atoms with van der Waals surface area (Å²) in [4.78, 5) is 3.93. The molecule has 1 aromatic heterocycles. The van der Waals surface area contributed by atoms with Gasteiger partial charge in [0.25, 0.3) is 0 Å². The first-order chi connectivity index (χ1) is 5.15. The molecule has 1 aromatic rings. The van der Waals surface area contributed by atoms with Crippen molar-refractivity contribution in [2.75, 3.05) is 12.8 Å². The van der Waals surface area contributed by atoms with E-state index in [2.05, 4.69) is 4.99 Å². The molecule has 0 spiro atoms. The van der Waals surface area contributed by atoms with Gasteiger partial charge in [0, 0.05) is 13.1 Å². The highest BCUT2D eigenvalue weighted by Gasteiger charge is 1.95. The Bertz CT molecular complexity index is 301. The smallest absolute Gasteiger partial charge is 0.141 e. The molecular weight excluding hydrogens is 142 g/mol. The summed E-state index contributed by atoms with van der Waals surface area (Å²) in [7, 11) is 1.68. The normalized spacial score (nSPS) is 12.0. The number of nitrogen functional groups attached to an aromatic ring is 1. The predicted octanol–water partition coefficient (Wildman–Crippen LogP) is 0.147. The largest absolute Gasteiger partial charge is 0.427 e. The van der Waals surface area contributed by atoms with Crippen molar-refractivity contribution >= 4 is 5.82 Å². The van der Waals surface area contributed by atoms with Gasteiger partial charge in [0.15, 0.2) is 0 Å². The van der Waals surface area contributed by atoms with E-state index in [-0.39, 0.29) is 0 Å². The first kappa shape index (κ1) is 7.65. The third kappa shape index (κ3) is 1.34. The molecule has 1 heterocycles. The van der Waals surface area contributed by atoms with Gasteiger partial charge in [-0.1, -0.05) is 0 Å². The third-order valence-corrected chi connectivity index (χ3v) is 1.49. The lowest BCUT2D eigenvalue weighted by Crippen LogP contribution is -2.12. The molecule has 0 fully saturated rings. The summed E-state index contributed by atoms with van der Waals surface area (Å²) in [6, 6.07) is 3.35. The van der Waals surface area contributed by atoms with Gasteiger partial charge in [-0.2, -0.15) is 4.73 Å². The number of aryl methyl sites for hydroxylation is 1. The van der Waals surface area contributed by atoms with Crippen LogP contribution >= 0.6 is 0 Å². The Morgan fingerprint density at radius 2 is 2.18 bits per heavy atom. The monoisotopic (exact) mass is 153 g/mol. The maximum Gasteiger partial charge on any atom is 0.141 e. The number of hydrogen-bond acceptors (Lipinski definition) is 3. The molecular formula is C7H11N3O. The molecule has 4 heteroatoms. The maximum atomic E-state index is 9.18. The van der Waals surface area contributed by atoms with Gasteiger partial charge < -0.3 is 10.9 Å². The highest BCUT2D eigenvalue weighted by atomic mass is 16.5. The van der Waals surface area contributed by atoms with Crippen LogP contribution in [0.3, 0.4) is 0 Å². The summed E-state index contributed by atoms with van der Waals surface area (Å²) in [6.45, 7) is 1.76. The average Bonchev–Trinajstić information content (AvgIpc) is 1.99. The van der Waals surface area contributed by atoms with Gasteiger partial charge in [0.1, 0.15) is 5.82 Å². The molecule has 60 valence electrons. The van der Waals surface area contributed by atoms with Crippen LogP contribution in [0.1, 0.15) is 5.69 Å². The average molecular weight is 153 g/mol. The number of pyridine rings is 1. The highest BCUT2D eigenvalue weighted by molar-refractivity contribution is 5.29. The SMILES string of the molecule is CN=c1cc(C)n(O)c(N)c1. The molecule has 11 heavy (non-hydrogen) atoms. The molecule has 0 bridgehead atoms. The van der Waals surface area contributed by atoms with Crippen molar-refractivity contribution in [3.8, 4) is 0 Å². The Balaban J connectivity index is 3.45. The van der Waals surface area contributed by atoms with E-state index in [9.17, 15) is 5.21 Å². The van der Waals surface area contributed by atoms with Crippen LogP contribution in [0.25, 0.3) is 0 Å². The molecule has 0 saturated heterocycles. The second kappa shape index (κ2) is 2.65. The summed E-state index contributed by atoms with van der Waals surface area (Å²) < 4.78 is 0.925. The van der Waals surface area contributed by atoms with E-state index >= 15 is 0 Å². The molecule has 0 atom stereocenters. The summed E-state index contributed by atoms with van der Waals surface area (Å²) in [6.07, 6.45) is 0. The number of nitrogens with two attached hydrogens (primary N) is 1. The van der Waals surface area contributed by atoms with Crippen LogP contribution in [-0.2, 0) is 0 Å². The van der Waals surface area contributed by atoms with Crippen LogP contribution in [0.5, 0.6) is 0 Å². The minimum atomic E-state index is 0.297. The minimum Gasteiger partial charge on any atom is -0.427 e. The van der Waals surface area contributed by atoms with Crippen molar-refractivity contribution < 1.29 is 5.21 Å². The molecule has 0 aliphatic rings. The first-order valence-corrected chi connectivity index (χ1v) is 3.26. The topological polar surface area (TPSA) is 63.5 Å². The molecule has 0 aliphatic carbocycles. The molecule has 1 rings (SSSR count). The summed E-state index contributed by atoms with van der Waals surface area (Å²) in [5, 5.41) is 9.95. The van der Waals surface area contributed by atoms with Gasteiger partial charge >= 0.3 is 0 Å². The van der Waals surface area contributed by atoms with Crippen molar-refractivity contribution in [1.29, 1.82) is 0 Å². The predicted molar refractivity (Wildman–Crippen MR) is 42.3 cm³/mol. The Kier molecular flexibility index (Phi) is 1.85. The summed E-state index contributed by atoms with van der Waals surface area (Å²) >= 11 is 0. The van der Waals surface area contributed by atoms with Crippen LogP contribution in [0.2, 0.25) is 0 Å². The van der Waals surface area contributed by atoms with Crippen LogP contribution < -0.4 is 11.1 Å². The maximum absolute atomic E-state index is 9.18. The van der Waals surface area contributed by atoms with E-state index in [1.807, 2.05) is 0 Å².